The van der Waals surface area contributed by atoms with Crippen LogP contribution in [0.15, 0.2) is 95.3 Å². The fraction of sp³-hybridized carbons (Fsp3) is 0.0833. The van der Waals surface area contributed by atoms with Gasteiger partial charge in [0.1, 0.15) is 5.75 Å². The quantitative estimate of drug-likeness (QED) is 0.250. The standard InChI is InChI=1S/C24H20ClN3OS/c1-29-22-13-7-18(8-14-22)15-26-28-16-23(20-9-11-21(25)12-10-20)27-24(28)30-17-19-5-3-2-4-6-19/h2-16H,17H2,1H3/b26-15+. The Morgan fingerprint density at radius 3 is 2.43 bits per heavy atom. The van der Waals surface area contributed by atoms with Crippen molar-refractivity contribution in [2.45, 2.75) is 10.9 Å². The van der Waals surface area contributed by atoms with E-state index in [9.17, 15) is 0 Å². The molecule has 0 spiro atoms. The van der Waals surface area contributed by atoms with E-state index in [1.54, 1.807) is 18.9 Å². The van der Waals surface area contributed by atoms with Crippen LogP contribution < -0.4 is 4.74 Å². The van der Waals surface area contributed by atoms with Gasteiger partial charge in [0.2, 0.25) is 0 Å². The first-order valence-corrected chi connectivity index (χ1v) is 10.8. The Kier molecular flexibility index (Phi) is 6.52. The first kappa shape index (κ1) is 20.3. The number of methoxy groups -OCH3 is 1. The molecule has 30 heavy (non-hydrogen) atoms. The van der Waals surface area contributed by atoms with Crippen LogP contribution in [0.5, 0.6) is 5.75 Å². The lowest BCUT2D eigenvalue weighted by atomic mass is 10.2. The van der Waals surface area contributed by atoms with Gasteiger partial charge in [-0.15, -0.1) is 0 Å². The highest BCUT2D eigenvalue weighted by Crippen LogP contribution is 2.27. The molecule has 0 saturated heterocycles. The van der Waals surface area contributed by atoms with Gasteiger partial charge >= 0.3 is 0 Å². The van der Waals surface area contributed by atoms with Gasteiger partial charge in [-0.1, -0.05) is 65.8 Å². The van der Waals surface area contributed by atoms with E-state index in [1.807, 2.05) is 83.8 Å². The molecule has 3 aromatic carbocycles. The molecule has 0 bridgehead atoms. The van der Waals surface area contributed by atoms with Crippen molar-refractivity contribution in [1.29, 1.82) is 0 Å². The minimum absolute atomic E-state index is 0.703. The fourth-order valence-corrected chi connectivity index (χ4v) is 3.85. The van der Waals surface area contributed by atoms with Crippen LogP contribution in [-0.2, 0) is 5.75 Å². The summed E-state index contributed by atoms with van der Waals surface area (Å²) < 4.78 is 7.03. The number of benzene rings is 3. The first-order valence-electron chi connectivity index (χ1n) is 9.42. The van der Waals surface area contributed by atoms with Crippen molar-refractivity contribution < 1.29 is 4.74 Å². The van der Waals surface area contributed by atoms with Crippen molar-refractivity contribution >= 4 is 29.6 Å². The molecule has 0 saturated carbocycles. The Hall–Kier alpha value is -3.02. The van der Waals surface area contributed by atoms with Crippen LogP contribution in [0.2, 0.25) is 5.02 Å². The van der Waals surface area contributed by atoms with Gasteiger partial charge in [-0.25, -0.2) is 9.66 Å². The average Bonchev–Trinajstić information content (AvgIpc) is 3.21. The number of ether oxygens (including phenoxy) is 1. The summed E-state index contributed by atoms with van der Waals surface area (Å²) >= 11 is 7.68. The number of nitrogens with zero attached hydrogens (tertiary/aromatic N) is 3. The summed E-state index contributed by atoms with van der Waals surface area (Å²) in [5.41, 5.74) is 4.08. The summed E-state index contributed by atoms with van der Waals surface area (Å²) in [6, 6.07) is 25.8. The summed E-state index contributed by atoms with van der Waals surface area (Å²) in [6.07, 6.45) is 3.76. The Balaban J connectivity index is 1.61. The van der Waals surface area contributed by atoms with Crippen LogP contribution in [0.3, 0.4) is 0 Å². The molecule has 4 nitrogen and oxygen atoms in total. The predicted octanol–water partition coefficient (Wildman–Crippen LogP) is 6.39. The van der Waals surface area contributed by atoms with E-state index < -0.39 is 0 Å². The molecular formula is C24H20ClN3OS. The van der Waals surface area contributed by atoms with Gasteiger partial charge in [0, 0.05) is 16.3 Å². The van der Waals surface area contributed by atoms with Crippen molar-refractivity contribution in [2.24, 2.45) is 5.10 Å². The van der Waals surface area contributed by atoms with Crippen LogP contribution in [0.4, 0.5) is 0 Å². The van der Waals surface area contributed by atoms with Crippen molar-refractivity contribution in [3.05, 3.63) is 101 Å². The highest BCUT2D eigenvalue weighted by molar-refractivity contribution is 7.98. The van der Waals surface area contributed by atoms with E-state index in [4.69, 9.17) is 21.3 Å². The van der Waals surface area contributed by atoms with Gasteiger partial charge in [-0.2, -0.15) is 5.10 Å². The zero-order valence-corrected chi connectivity index (χ0v) is 18.0. The SMILES string of the molecule is COc1ccc(/C=N/n2cc(-c3ccc(Cl)cc3)nc2SCc2ccccc2)cc1. The third kappa shape index (κ3) is 5.12. The number of hydrogen-bond donors (Lipinski definition) is 0. The highest BCUT2D eigenvalue weighted by atomic mass is 35.5. The van der Waals surface area contributed by atoms with E-state index in [-0.39, 0.29) is 0 Å². The summed E-state index contributed by atoms with van der Waals surface area (Å²) in [5, 5.41) is 6.18. The number of rotatable bonds is 7. The highest BCUT2D eigenvalue weighted by Gasteiger charge is 2.10. The Bertz CT molecular complexity index is 1120. The molecule has 0 N–H and O–H groups in total. The average molecular weight is 434 g/mol. The zero-order chi connectivity index (χ0) is 20.8. The molecule has 150 valence electrons. The topological polar surface area (TPSA) is 39.4 Å². The molecule has 0 amide bonds. The Morgan fingerprint density at radius 1 is 1.00 bits per heavy atom. The third-order valence-corrected chi connectivity index (χ3v) is 5.72. The fourth-order valence-electron chi connectivity index (χ4n) is 2.84. The molecule has 1 heterocycles. The summed E-state index contributed by atoms with van der Waals surface area (Å²) in [6.45, 7) is 0. The molecule has 0 aliphatic rings. The van der Waals surface area contributed by atoms with Crippen molar-refractivity contribution in [1.82, 2.24) is 9.66 Å². The van der Waals surface area contributed by atoms with Crippen LogP contribution in [0, 0.1) is 0 Å². The zero-order valence-electron chi connectivity index (χ0n) is 16.4. The molecule has 6 heteroatoms. The molecular weight excluding hydrogens is 414 g/mol. The number of imidazole rings is 1. The number of hydrogen-bond acceptors (Lipinski definition) is 4. The molecule has 0 radical (unpaired) electrons. The molecule has 0 unspecified atom stereocenters. The number of thioether (sulfide) groups is 1. The van der Waals surface area contributed by atoms with Crippen LogP contribution in [0.1, 0.15) is 11.1 Å². The van der Waals surface area contributed by atoms with E-state index in [0.717, 1.165) is 33.5 Å². The Labute approximate surface area is 185 Å². The normalized spacial score (nSPS) is 11.1. The lowest BCUT2D eigenvalue weighted by Crippen LogP contribution is -1.93. The monoisotopic (exact) mass is 433 g/mol. The van der Waals surface area contributed by atoms with Crippen molar-refractivity contribution in [3.8, 4) is 17.0 Å². The summed E-state index contributed by atoms with van der Waals surface area (Å²) in [7, 11) is 1.66. The lowest BCUT2D eigenvalue weighted by molar-refractivity contribution is 0.415. The molecule has 0 fully saturated rings. The van der Waals surface area contributed by atoms with E-state index in [1.165, 1.54) is 5.56 Å². The maximum Gasteiger partial charge on any atom is 0.189 e. The second-order valence-electron chi connectivity index (χ2n) is 6.55. The van der Waals surface area contributed by atoms with E-state index >= 15 is 0 Å². The van der Waals surface area contributed by atoms with Gasteiger partial charge in [-0.05, 0) is 47.5 Å². The van der Waals surface area contributed by atoms with Crippen LogP contribution in [-0.4, -0.2) is 23.0 Å². The second kappa shape index (κ2) is 9.65. The van der Waals surface area contributed by atoms with Gasteiger partial charge < -0.3 is 4.74 Å². The molecule has 0 atom stereocenters. The molecule has 0 aliphatic heterocycles. The minimum Gasteiger partial charge on any atom is -0.497 e. The Morgan fingerprint density at radius 2 is 1.73 bits per heavy atom. The third-order valence-electron chi connectivity index (χ3n) is 4.45. The minimum atomic E-state index is 0.703. The second-order valence-corrected chi connectivity index (χ2v) is 7.93. The predicted molar refractivity (Wildman–Crippen MR) is 125 cm³/mol. The van der Waals surface area contributed by atoms with Crippen LogP contribution in [0.25, 0.3) is 11.3 Å². The summed E-state index contributed by atoms with van der Waals surface area (Å²) in [4.78, 5) is 4.81. The molecule has 1 aromatic heterocycles. The maximum atomic E-state index is 6.03. The smallest absolute Gasteiger partial charge is 0.189 e. The van der Waals surface area contributed by atoms with Crippen LogP contribution >= 0.6 is 23.4 Å². The van der Waals surface area contributed by atoms with Gasteiger partial charge in [-0.3, -0.25) is 0 Å². The largest absolute Gasteiger partial charge is 0.497 e. The van der Waals surface area contributed by atoms with Gasteiger partial charge in [0.15, 0.2) is 5.16 Å². The molecule has 4 rings (SSSR count). The van der Waals surface area contributed by atoms with E-state index in [2.05, 4.69) is 17.2 Å². The molecule has 4 aromatic rings. The maximum absolute atomic E-state index is 6.03. The van der Waals surface area contributed by atoms with Gasteiger partial charge in [0.25, 0.3) is 0 Å². The van der Waals surface area contributed by atoms with Gasteiger partial charge in [0.05, 0.1) is 25.2 Å². The van der Waals surface area contributed by atoms with E-state index in [0.29, 0.717) is 5.02 Å². The number of halogens is 1. The van der Waals surface area contributed by atoms with Crippen molar-refractivity contribution in [3.63, 3.8) is 0 Å². The number of aromatic nitrogens is 2. The molecule has 0 aliphatic carbocycles. The van der Waals surface area contributed by atoms with Crippen molar-refractivity contribution in [2.75, 3.05) is 7.11 Å². The lowest BCUT2D eigenvalue weighted by Gasteiger charge is -2.02. The first-order chi connectivity index (χ1) is 14.7. The summed E-state index contributed by atoms with van der Waals surface area (Å²) in [5.74, 6) is 1.63.